The molecule has 0 aromatic heterocycles. The maximum Gasteiger partial charge on any atom is 0.329 e. The van der Waals surface area contributed by atoms with Gasteiger partial charge in [-0.1, -0.05) is 95.3 Å². The highest BCUT2D eigenvalue weighted by Crippen LogP contribution is 2.29. The van der Waals surface area contributed by atoms with Gasteiger partial charge in [0.15, 0.2) is 11.5 Å². The van der Waals surface area contributed by atoms with E-state index in [1.165, 1.54) is 18.1 Å². The van der Waals surface area contributed by atoms with Gasteiger partial charge in [0.1, 0.15) is 24.2 Å². The molecule has 11 nitrogen and oxygen atoms in total. The van der Waals surface area contributed by atoms with Crippen molar-refractivity contribution in [3.63, 3.8) is 0 Å². The van der Waals surface area contributed by atoms with Crippen molar-refractivity contribution in [1.82, 2.24) is 15.5 Å². The van der Waals surface area contributed by atoms with Crippen molar-refractivity contribution in [3.8, 4) is 11.5 Å². The molecule has 288 valence electrons. The third-order valence-electron chi connectivity index (χ3n) is 9.56. The van der Waals surface area contributed by atoms with Gasteiger partial charge in [-0.25, -0.2) is 4.79 Å². The Morgan fingerprint density at radius 2 is 1.62 bits per heavy atom. The van der Waals surface area contributed by atoms with E-state index in [0.29, 0.717) is 17.6 Å². The molecule has 1 heterocycles. The number of nitrogens with one attached hydrogen (secondary N) is 2. The molecule has 1 aliphatic heterocycles. The van der Waals surface area contributed by atoms with E-state index in [1.807, 2.05) is 76.3 Å². The largest absolute Gasteiger partial charge is 0.504 e. The molecule has 0 saturated heterocycles. The van der Waals surface area contributed by atoms with Crippen LogP contribution in [0.2, 0.25) is 0 Å². The Hall–Kier alpha value is -4.90. The smallest absolute Gasteiger partial charge is 0.329 e. The number of hydrogen-bond acceptors (Lipinski definition) is 8. The molecule has 0 fully saturated rings. The van der Waals surface area contributed by atoms with Gasteiger partial charge in [0.2, 0.25) is 17.7 Å². The molecule has 0 radical (unpaired) electrons. The minimum absolute atomic E-state index is 0.00525. The summed E-state index contributed by atoms with van der Waals surface area (Å²) < 4.78 is 17.3. The first-order valence-corrected chi connectivity index (χ1v) is 18.1. The number of phenolic OH excluding ortho intramolecular Hbond substituents is 1. The molecule has 6 atom stereocenters. The number of phenols is 1. The van der Waals surface area contributed by atoms with E-state index in [9.17, 15) is 24.3 Å². The lowest BCUT2D eigenvalue weighted by atomic mass is 9.95. The summed E-state index contributed by atoms with van der Waals surface area (Å²) in [4.78, 5) is 57.4. The van der Waals surface area contributed by atoms with Gasteiger partial charge < -0.3 is 34.9 Å². The Balaban J connectivity index is 2.15. The minimum Gasteiger partial charge on any atom is -0.504 e. The number of methoxy groups -OCH3 is 2. The maximum atomic E-state index is 14.2. The molecule has 11 heteroatoms. The minimum atomic E-state index is -1.18. The second kappa shape index (κ2) is 19.8. The SMILES string of the molecule is COc1cc(C[C@H]2NC(=O)[C@H](C(C)C)N(C)C(=O)/C(C)=C/C[C@@H](OC)/C(C)=C/C=C/[C@@H](C)[C@@H](c3ccccc3)OC(=O)[C@H](C(C)C)NC2=O)ccc1O. The number of cyclic esters (lactones) is 1. The number of aromatic hydroxyl groups is 1. The third kappa shape index (κ3) is 11.5. The lowest BCUT2D eigenvalue weighted by Gasteiger charge is -2.32. The van der Waals surface area contributed by atoms with Crippen LogP contribution in [0.25, 0.3) is 0 Å². The van der Waals surface area contributed by atoms with Gasteiger partial charge >= 0.3 is 5.97 Å². The maximum absolute atomic E-state index is 14.2. The molecule has 53 heavy (non-hydrogen) atoms. The molecular formula is C42H57N3O8. The molecule has 0 spiro atoms. The predicted molar refractivity (Wildman–Crippen MR) is 205 cm³/mol. The second-order valence-electron chi connectivity index (χ2n) is 14.4. The quantitative estimate of drug-likeness (QED) is 0.302. The van der Waals surface area contributed by atoms with Crippen LogP contribution in [0.3, 0.4) is 0 Å². The van der Waals surface area contributed by atoms with Crippen molar-refractivity contribution in [2.75, 3.05) is 21.3 Å². The fourth-order valence-corrected chi connectivity index (χ4v) is 6.38. The number of esters is 1. The Labute approximate surface area is 314 Å². The standard InChI is InChI=1S/C42H57N3O8/c1-25(2)36-42(50)53-38(31-17-12-11-13-18-31)28(6)16-14-15-27(5)34(51-9)22-19-29(7)41(49)45(8)37(26(3)4)40(48)43-32(39(47)44-36)23-30-20-21-33(46)35(24-30)52-10/h11-21,24-26,28,32,34,36-38,46H,22-23H2,1-10H3,(H,43,48)(H,44,47)/b16-14+,27-15+,29-19+/t28-,32-,34-,36+,37+,38+/m1/s1. The first-order chi connectivity index (χ1) is 25.1. The topological polar surface area (TPSA) is 144 Å². The van der Waals surface area contributed by atoms with E-state index < -0.39 is 42.0 Å². The van der Waals surface area contributed by atoms with Gasteiger partial charge in [-0.05, 0) is 60.9 Å². The first kappa shape index (κ1) is 42.5. The Bertz CT molecular complexity index is 1670. The van der Waals surface area contributed by atoms with E-state index in [1.54, 1.807) is 53.1 Å². The Morgan fingerprint density at radius 1 is 0.943 bits per heavy atom. The zero-order chi connectivity index (χ0) is 39.4. The zero-order valence-electron chi connectivity index (χ0n) is 32.7. The average Bonchev–Trinajstić information content (AvgIpc) is 3.12. The molecule has 0 unspecified atom stereocenters. The van der Waals surface area contributed by atoms with Gasteiger partial charge in [0.25, 0.3) is 0 Å². The van der Waals surface area contributed by atoms with Crippen LogP contribution in [-0.4, -0.2) is 79.2 Å². The first-order valence-electron chi connectivity index (χ1n) is 18.1. The summed E-state index contributed by atoms with van der Waals surface area (Å²) in [6.45, 7) is 12.9. The summed E-state index contributed by atoms with van der Waals surface area (Å²) in [5, 5.41) is 15.9. The molecule has 2 aromatic carbocycles. The van der Waals surface area contributed by atoms with Crippen LogP contribution in [0.1, 0.15) is 72.1 Å². The number of benzene rings is 2. The third-order valence-corrected chi connectivity index (χ3v) is 9.56. The summed E-state index contributed by atoms with van der Waals surface area (Å²) >= 11 is 0. The molecule has 0 bridgehead atoms. The van der Waals surface area contributed by atoms with E-state index in [4.69, 9.17) is 14.2 Å². The van der Waals surface area contributed by atoms with Gasteiger partial charge in [0, 0.05) is 32.1 Å². The van der Waals surface area contributed by atoms with Gasteiger partial charge in [-0.3, -0.25) is 14.4 Å². The van der Waals surface area contributed by atoms with Crippen LogP contribution in [0, 0.1) is 17.8 Å². The van der Waals surface area contributed by atoms with Crippen LogP contribution >= 0.6 is 0 Å². The summed E-state index contributed by atoms with van der Waals surface area (Å²) in [6, 6.07) is 10.9. The Kier molecular flexibility index (Phi) is 15.9. The monoisotopic (exact) mass is 731 g/mol. The van der Waals surface area contributed by atoms with Crippen molar-refractivity contribution in [2.45, 2.75) is 91.6 Å². The number of ether oxygens (including phenoxy) is 3. The fraction of sp³-hybridized carbons (Fsp3) is 0.476. The van der Waals surface area contributed by atoms with Crippen molar-refractivity contribution >= 4 is 23.7 Å². The highest BCUT2D eigenvalue weighted by Gasteiger charge is 2.36. The summed E-state index contributed by atoms with van der Waals surface area (Å²) in [5.74, 6) is -2.96. The molecule has 1 aliphatic rings. The number of hydrogen-bond donors (Lipinski definition) is 3. The number of carbonyl (C=O) groups excluding carboxylic acids is 4. The molecular weight excluding hydrogens is 674 g/mol. The van der Waals surface area contributed by atoms with Crippen LogP contribution in [0.4, 0.5) is 0 Å². The van der Waals surface area contributed by atoms with E-state index >= 15 is 0 Å². The molecule has 0 aliphatic carbocycles. The average molecular weight is 732 g/mol. The Morgan fingerprint density at radius 3 is 2.23 bits per heavy atom. The van der Waals surface area contributed by atoms with E-state index in [2.05, 4.69) is 10.6 Å². The van der Waals surface area contributed by atoms with Crippen LogP contribution in [0.15, 0.2) is 84.0 Å². The number of allylic oxidation sites excluding steroid dienone is 2. The van der Waals surface area contributed by atoms with Crippen molar-refractivity contribution in [2.24, 2.45) is 17.8 Å². The summed E-state index contributed by atoms with van der Waals surface area (Å²) in [7, 11) is 4.59. The van der Waals surface area contributed by atoms with Crippen LogP contribution < -0.4 is 15.4 Å². The zero-order valence-corrected chi connectivity index (χ0v) is 32.7. The lowest BCUT2D eigenvalue weighted by Crippen LogP contribution is -2.58. The molecule has 0 saturated carbocycles. The normalized spacial score (nSPS) is 27.1. The number of rotatable bonds is 7. The number of likely N-dealkylation sites (N-methyl/N-ethyl adjacent to an activating group) is 1. The number of carbonyl (C=O) groups is 4. The van der Waals surface area contributed by atoms with Crippen molar-refractivity contribution in [1.29, 1.82) is 0 Å². The highest BCUT2D eigenvalue weighted by atomic mass is 16.5. The predicted octanol–water partition coefficient (Wildman–Crippen LogP) is 5.84. The second-order valence-corrected chi connectivity index (χ2v) is 14.4. The molecule has 3 rings (SSSR count). The van der Waals surface area contributed by atoms with Gasteiger partial charge in [-0.15, -0.1) is 0 Å². The van der Waals surface area contributed by atoms with Gasteiger partial charge in [-0.2, -0.15) is 0 Å². The number of amides is 3. The van der Waals surface area contributed by atoms with Crippen LogP contribution in [0.5, 0.6) is 11.5 Å². The molecule has 3 amide bonds. The molecule has 3 N–H and O–H groups in total. The van der Waals surface area contributed by atoms with Crippen molar-refractivity contribution < 1.29 is 38.5 Å². The van der Waals surface area contributed by atoms with Gasteiger partial charge in [0.05, 0.1) is 13.2 Å². The van der Waals surface area contributed by atoms with E-state index in [0.717, 1.165) is 11.1 Å². The number of nitrogens with zero attached hydrogens (tertiary/aromatic N) is 1. The lowest BCUT2D eigenvalue weighted by molar-refractivity contribution is -0.156. The highest BCUT2D eigenvalue weighted by molar-refractivity contribution is 5.98. The van der Waals surface area contributed by atoms with Crippen molar-refractivity contribution in [3.05, 3.63) is 95.1 Å². The van der Waals surface area contributed by atoms with Crippen LogP contribution in [-0.2, 0) is 35.1 Å². The van der Waals surface area contributed by atoms with E-state index in [-0.39, 0.29) is 47.7 Å². The molecule has 2 aromatic rings. The fourth-order valence-electron chi connectivity index (χ4n) is 6.38. The summed E-state index contributed by atoms with van der Waals surface area (Å²) in [6.07, 6.45) is 7.04. The summed E-state index contributed by atoms with van der Waals surface area (Å²) in [5.41, 5.74) is 2.75.